The average Bonchev–Trinajstić information content (AvgIpc) is 3.41. The first-order valence-corrected chi connectivity index (χ1v) is 10.7. The Hall–Kier alpha value is -2.71. The zero-order valence-electron chi connectivity index (χ0n) is 15.9. The fraction of sp³-hybridized carbons (Fsp3) is 0.300. The number of rotatable bonds is 7. The second kappa shape index (κ2) is 7.37. The number of nitrogens with zero attached hydrogens (tertiary/aromatic N) is 3. The van der Waals surface area contributed by atoms with E-state index in [1.54, 1.807) is 12.1 Å². The number of aromatic nitrogens is 3. The maximum absolute atomic E-state index is 12.6. The van der Waals surface area contributed by atoms with Crippen LogP contribution >= 0.6 is 0 Å². The summed E-state index contributed by atoms with van der Waals surface area (Å²) in [7, 11) is -1.57. The Labute approximate surface area is 164 Å². The van der Waals surface area contributed by atoms with Crippen molar-refractivity contribution >= 4 is 15.7 Å². The van der Waals surface area contributed by atoms with E-state index in [-0.39, 0.29) is 6.04 Å². The highest BCUT2D eigenvalue weighted by Gasteiger charge is 2.29. The summed E-state index contributed by atoms with van der Waals surface area (Å²) in [6.07, 6.45) is 1.82. The molecule has 1 saturated carbocycles. The van der Waals surface area contributed by atoms with E-state index < -0.39 is 10.0 Å². The van der Waals surface area contributed by atoms with Gasteiger partial charge in [-0.2, -0.15) is 0 Å². The zero-order chi connectivity index (χ0) is 19.7. The third kappa shape index (κ3) is 3.79. The third-order valence-corrected chi connectivity index (χ3v) is 6.57. The summed E-state index contributed by atoms with van der Waals surface area (Å²) in [4.78, 5) is 0.312. The summed E-state index contributed by atoms with van der Waals surface area (Å²) in [5, 5.41) is 11.9. The molecule has 1 fully saturated rings. The lowest BCUT2D eigenvalue weighted by atomic mass is 10.2. The Morgan fingerprint density at radius 1 is 1.07 bits per heavy atom. The van der Waals surface area contributed by atoms with E-state index in [0.717, 1.165) is 35.7 Å². The molecule has 1 aromatic heterocycles. The largest absolute Gasteiger partial charge is 0.377 e. The van der Waals surface area contributed by atoms with Crippen LogP contribution in [0, 0.1) is 6.92 Å². The normalized spacial score (nSPS) is 14.2. The number of benzene rings is 2. The predicted molar refractivity (Wildman–Crippen MR) is 108 cm³/mol. The van der Waals surface area contributed by atoms with Crippen LogP contribution in [0.1, 0.15) is 24.2 Å². The first-order valence-electron chi connectivity index (χ1n) is 9.25. The lowest BCUT2D eigenvalue weighted by molar-refractivity contribution is 0.580. The van der Waals surface area contributed by atoms with Crippen molar-refractivity contribution in [2.75, 3.05) is 5.32 Å². The van der Waals surface area contributed by atoms with Crippen molar-refractivity contribution in [3.63, 3.8) is 0 Å². The fourth-order valence-corrected chi connectivity index (χ4v) is 4.68. The molecule has 2 N–H and O–H groups in total. The SMILES string of the molecule is Cc1c(NCc2nnc(-c3ccccc3)n2C)cccc1S(=O)(=O)NC1CC1. The smallest absolute Gasteiger partial charge is 0.241 e. The molecule has 0 radical (unpaired) electrons. The number of nitrogens with one attached hydrogen (secondary N) is 2. The Balaban J connectivity index is 1.53. The van der Waals surface area contributed by atoms with Crippen LogP contribution in [0.3, 0.4) is 0 Å². The van der Waals surface area contributed by atoms with Gasteiger partial charge in [-0.05, 0) is 37.5 Å². The van der Waals surface area contributed by atoms with Crippen LogP contribution in [-0.4, -0.2) is 29.2 Å². The van der Waals surface area contributed by atoms with Gasteiger partial charge in [0.1, 0.15) is 0 Å². The minimum absolute atomic E-state index is 0.0797. The highest BCUT2D eigenvalue weighted by molar-refractivity contribution is 7.89. The third-order valence-electron chi connectivity index (χ3n) is 4.91. The fourth-order valence-electron chi connectivity index (χ4n) is 3.11. The van der Waals surface area contributed by atoms with E-state index in [1.165, 1.54) is 0 Å². The first-order chi connectivity index (χ1) is 13.5. The molecule has 0 unspecified atom stereocenters. The standard InChI is InChI=1S/C20H23N5O2S/c1-14-17(9-6-10-18(14)28(26,27)24-16-11-12-16)21-13-19-22-23-20(25(19)2)15-7-4-3-5-8-15/h3-10,16,21,24H,11-13H2,1-2H3. The minimum Gasteiger partial charge on any atom is -0.377 e. The second-order valence-electron chi connectivity index (χ2n) is 7.04. The molecule has 7 nitrogen and oxygen atoms in total. The van der Waals surface area contributed by atoms with Crippen LogP contribution in [0.25, 0.3) is 11.4 Å². The van der Waals surface area contributed by atoms with E-state index >= 15 is 0 Å². The van der Waals surface area contributed by atoms with Crippen LogP contribution in [0.5, 0.6) is 0 Å². The van der Waals surface area contributed by atoms with Gasteiger partial charge < -0.3 is 9.88 Å². The number of hydrogen-bond donors (Lipinski definition) is 2. The molecule has 1 aliphatic rings. The van der Waals surface area contributed by atoms with Crippen molar-refractivity contribution in [2.24, 2.45) is 7.05 Å². The summed E-state index contributed by atoms with van der Waals surface area (Å²) in [6, 6.07) is 15.2. The Kier molecular flexibility index (Phi) is 4.91. The Morgan fingerprint density at radius 2 is 1.82 bits per heavy atom. The molecule has 0 bridgehead atoms. The van der Waals surface area contributed by atoms with E-state index in [0.29, 0.717) is 17.0 Å². The molecular formula is C20H23N5O2S. The molecule has 8 heteroatoms. The molecule has 1 heterocycles. The molecule has 1 aliphatic carbocycles. The van der Waals surface area contributed by atoms with E-state index in [2.05, 4.69) is 20.2 Å². The molecule has 0 saturated heterocycles. The van der Waals surface area contributed by atoms with Gasteiger partial charge in [0.25, 0.3) is 0 Å². The topological polar surface area (TPSA) is 88.9 Å². The molecule has 0 aliphatic heterocycles. The van der Waals surface area contributed by atoms with Crippen molar-refractivity contribution in [2.45, 2.75) is 37.2 Å². The molecule has 0 atom stereocenters. The maximum Gasteiger partial charge on any atom is 0.241 e. The van der Waals surface area contributed by atoms with Crippen LogP contribution in [0.4, 0.5) is 5.69 Å². The van der Waals surface area contributed by atoms with Gasteiger partial charge in [-0.3, -0.25) is 0 Å². The predicted octanol–water partition coefficient (Wildman–Crippen LogP) is 2.84. The van der Waals surface area contributed by atoms with Gasteiger partial charge in [0.15, 0.2) is 11.6 Å². The van der Waals surface area contributed by atoms with Crippen LogP contribution < -0.4 is 10.0 Å². The van der Waals surface area contributed by atoms with Crippen LogP contribution in [-0.2, 0) is 23.6 Å². The number of hydrogen-bond acceptors (Lipinski definition) is 5. The van der Waals surface area contributed by atoms with E-state index in [1.807, 2.05) is 54.9 Å². The Morgan fingerprint density at radius 3 is 2.54 bits per heavy atom. The molecule has 0 amide bonds. The summed E-state index contributed by atoms with van der Waals surface area (Å²) in [5.41, 5.74) is 2.46. The van der Waals surface area contributed by atoms with Crippen molar-refractivity contribution in [1.82, 2.24) is 19.5 Å². The van der Waals surface area contributed by atoms with Gasteiger partial charge >= 0.3 is 0 Å². The summed E-state index contributed by atoms with van der Waals surface area (Å²) < 4.78 is 29.8. The zero-order valence-corrected chi connectivity index (χ0v) is 16.7. The molecule has 2 aromatic carbocycles. The Bertz CT molecular complexity index is 1090. The maximum atomic E-state index is 12.6. The van der Waals surface area contributed by atoms with Crippen molar-refractivity contribution in [3.8, 4) is 11.4 Å². The van der Waals surface area contributed by atoms with Crippen LogP contribution in [0.15, 0.2) is 53.4 Å². The van der Waals surface area contributed by atoms with Crippen LogP contribution in [0.2, 0.25) is 0 Å². The summed E-state index contributed by atoms with van der Waals surface area (Å²) >= 11 is 0. The lowest BCUT2D eigenvalue weighted by Gasteiger charge is -2.14. The van der Waals surface area contributed by atoms with E-state index in [4.69, 9.17) is 0 Å². The summed E-state index contributed by atoms with van der Waals surface area (Å²) in [6.45, 7) is 2.26. The highest BCUT2D eigenvalue weighted by Crippen LogP contribution is 2.27. The molecule has 28 heavy (non-hydrogen) atoms. The molecular weight excluding hydrogens is 374 g/mol. The van der Waals surface area contributed by atoms with Gasteiger partial charge in [-0.1, -0.05) is 36.4 Å². The van der Waals surface area contributed by atoms with Crippen molar-refractivity contribution in [3.05, 3.63) is 59.9 Å². The molecule has 146 valence electrons. The number of sulfonamides is 1. The first kappa shape index (κ1) is 18.6. The molecule has 0 spiro atoms. The molecule has 3 aromatic rings. The van der Waals surface area contributed by atoms with Gasteiger partial charge in [-0.25, -0.2) is 13.1 Å². The summed E-state index contributed by atoms with van der Waals surface area (Å²) in [5.74, 6) is 1.56. The minimum atomic E-state index is -3.50. The lowest BCUT2D eigenvalue weighted by Crippen LogP contribution is -2.26. The molecule has 4 rings (SSSR count). The van der Waals surface area contributed by atoms with Crippen molar-refractivity contribution in [1.29, 1.82) is 0 Å². The van der Waals surface area contributed by atoms with Crippen molar-refractivity contribution < 1.29 is 8.42 Å². The van der Waals surface area contributed by atoms with E-state index in [9.17, 15) is 8.42 Å². The van der Waals surface area contributed by atoms with Gasteiger partial charge in [-0.15, -0.1) is 10.2 Å². The van der Waals surface area contributed by atoms with Gasteiger partial charge in [0.05, 0.1) is 11.4 Å². The average molecular weight is 398 g/mol. The van der Waals surface area contributed by atoms with Gasteiger partial charge in [0, 0.05) is 24.3 Å². The quantitative estimate of drug-likeness (QED) is 0.640. The second-order valence-corrected chi connectivity index (χ2v) is 8.73. The van der Waals surface area contributed by atoms with Gasteiger partial charge in [0.2, 0.25) is 10.0 Å². The monoisotopic (exact) mass is 397 g/mol. The highest BCUT2D eigenvalue weighted by atomic mass is 32.2. The number of anilines is 1.